The van der Waals surface area contributed by atoms with E-state index in [4.69, 9.17) is 16.3 Å². The number of hydrogen-bond acceptors (Lipinski definition) is 2. The zero-order valence-electron chi connectivity index (χ0n) is 10.7. The highest BCUT2D eigenvalue weighted by Gasteiger charge is 2.34. The van der Waals surface area contributed by atoms with Gasteiger partial charge in [0.15, 0.2) is 0 Å². The summed E-state index contributed by atoms with van der Waals surface area (Å²) in [6.45, 7) is 1.33. The molecule has 6 heteroatoms. The third kappa shape index (κ3) is 3.94. The van der Waals surface area contributed by atoms with Gasteiger partial charge in [0.05, 0.1) is 12.0 Å². The first kappa shape index (κ1) is 16.4. The molecule has 1 unspecified atom stereocenters. The molecule has 0 bridgehead atoms. The van der Waals surface area contributed by atoms with Gasteiger partial charge in [-0.25, -0.2) is 13.6 Å². The van der Waals surface area contributed by atoms with Crippen LogP contribution in [0.15, 0.2) is 22.7 Å². The van der Waals surface area contributed by atoms with Crippen LogP contribution in [-0.2, 0) is 10.7 Å². The Hall–Kier alpha value is -1.61. The lowest BCUT2D eigenvalue weighted by atomic mass is 10.0. The topological polar surface area (TPSA) is 46.5 Å². The molecule has 1 aromatic carbocycles. The number of carboxylic acid groups (broad SMARTS) is 1. The van der Waals surface area contributed by atoms with E-state index in [0.717, 1.165) is 0 Å². The number of ether oxygens (including phenoxy) is 1. The van der Waals surface area contributed by atoms with Crippen molar-refractivity contribution in [3.63, 3.8) is 0 Å². The fraction of sp³-hybridized carbons (Fsp3) is 0.357. The van der Waals surface area contributed by atoms with Crippen molar-refractivity contribution in [2.45, 2.75) is 31.8 Å². The van der Waals surface area contributed by atoms with Crippen molar-refractivity contribution in [1.82, 2.24) is 0 Å². The van der Waals surface area contributed by atoms with E-state index in [0.29, 0.717) is 4.47 Å². The van der Waals surface area contributed by atoms with Gasteiger partial charge in [0.1, 0.15) is 5.75 Å². The van der Waals surface area contributed by atoms with E-state index in [1.54, 1.807) is 0 Å². The van der Waals surface area contributed by atoms with E-state index in [1.165, 1.54) is 25.1 Å². The van der Waals surface area contributed by atoms with Gasteiger partial charge in [0, 0.05) is 10.9 Å². The largest absolute Gasteiger partial charge is 0.478 e. The van der Waals surface area contributed by atoms with Gasteiger partial charge in [-0.15, -0.1) is 12.3 Å². The SMILES string of the molecule is C#CCC(Oc1ccc(Br)cc1C(F)(F)CC)C(=O)O. The molecule has 0 aromatic heterocycles. The first-order valence-electron chi connectivity index (χ1n) is 5.82. The first-order valence-corrected chi connectivity index (χ1v) is 6.62. The van der Waals surface area contributed by atoms with E-state index < -0.39 is 24.4 Å². The highest BCUT2D eigenvalue weighted by Crippen LogP contribution is 2.39. The van der Waals surface area contributed by atoms with Crippen molar-refractivity contribution in [2.24, 2.45) is 0 Å². The van der Waals surface area contributed by atoms with Crippen LogP contribution in [0.3, 0.4) is 0 Å². The molecule has 0 amide bonds. The first-order chi connectivity index (χ1) is 9.31. The molecule has 0 heterocycles. The maximum absolute atomic E-state index is 13.9. The minimum absolute atomic E-state index is 0.178. The lowest BCUT2D eigenvalue weighted by molar-refractivity contribution is -0.145. The molecule has 1 rings (SSSR count). The summed E-state index contributed by atoms with van der Waals surface area (Å²) in [6.07, 6.45) is 3.06. The molecule has 0 spiro atoms. The number of alkyl halides is 2. The van der Waals surface area contributed by atoms with Gasteiger partial charge in [-0.3, -0.25) is 0 Å². The number of halogens is 3. The van der Waals surface area contributed by atoms with Crippen LogP contribution < -0.4 is 4.74 Å². The summed E-state index contributed by atoms with van der Waals surface area (Å²) in [7, 11) is 0. The number of rotatable bonds is 6. The zero-order chi connectivity index (χ0) is 15.3. The Morgan fingerprint density at radius 2 is 2.25 bits per heavy atom. The molecule has 0 saturated carbocycles. The van der Waals surface area contributed by atoms with E-state index in [2.05, 4.69) is 21.9 Å². The van der Waals surface area contributed by atoms with Gasteiger partial charge in [0.2, 0.25) is 6.10 Å². The van der Waals surface area contributed by atoms with E-state index in [-0.39, 0.29) is 17.7 Å². The number of aliphatic carboxylic acids is 1. The molecule has 0 aliphatic heterocycles. The predicted octanol–water partition coefficient (Wildman–Crippen LogP) is 3.81. The number of hydrogen-bond donors (Lipinski definition) is 1. The van der Waals surface area contributed by atoms with Crippen molar-refractivity contribution in [1.29, 1.82) is 0 Å². The number of benzene rings is 1. The van der Waals surface area contributed by atoms with Crippen LogP contribution in [0.5, 0.6) is 5.75 Å². The van der Waals surface area contributed by atoms with Gasteiger partial charge < -0.3 is 9.84 Å². The van der Waals surface area contributed by atoms with Crippen molar-refractivity contribution in [3.05, 3.63) is 28.2 Å². The van der Waals surface area contributed by atoms with Crippen molar-refractivity contribution >= 4 is 21.9 Å². The van der Waals surface area contributed by atoms with E-state index in [9.17, 15) is 13.6 Å². The van der Waals surface area contributed by atoms with E-state index in [1.807, 2.05) is 0 Å². The second-order valence-corrected chi connectivity index (χ2v) is 4.97. The van der Waals surface area contributed by atoms with E-state index >= 15 is 0 Å². The summed E-state index contributed by atoms with van der Waals surface area (Å²) >= 11 is 3.11. The average Bonchev–Trinajstić information content (AvgIpc) is 2.39. The van der Waals surface area contributed by atoms with Gasteiger partial charge in [0.25, 0.3) is 5.92 Å². The molecule has 1 aromatic rings. The number of carbonyl (C=O) groups is 1. The van der Waals surface area contributed by atoms with Crippen LogP contribution in [0.1, 0.15) is 25.3 Å². The number of carboxylic acids is 1. The van der Waals surface area contributed by atoms with Gasteiger partial charge in [-0.2, -0.15) is 0 Å². The summed E-state index contributed by atoms with van der Waals surface area (Å²) in [5, 5.41) is 8.95. The highest BCUT2D eigenvalue weighted by molar-refractivity contribution is 9.10. The Kier molecular flexibility index (Phi) is 5.52. The second-order valence-electron chi connectivity index (χ2n) is 4.05. The summed E-state index contributed by atoms with van der Waals surface area (Å²) in [6, 6.07) is 4.02. The Morgan fingerprint density at radius 3 is 2.75 bits per heavy atom. The molecule has 108 valence electrons. The Bertz CT molecular complexity index is 538. The maximum Gasteiger partial charge on any atom is 0.345 e. The normalized spacial score (nSPS) is 12.6. The monoisotopic (exact) mass is 346 g/mol. The van der Waals surface area contributed by atoms with Gasteiger partial charge >= 0.3 is 5.97 Å². The molecule has 20 heavy (non-hydrogen) atoms. The summed E-state index contributed by atoms with van der Waals surface area (Å²) in [4.78, 5) is 11.0. The second kappa shape index (κ2) is 6.71. The van der Waals surface area contributed by atoms with Crippen LogP contribution in [0.25, 0.3) is 0 Å². The highest BCUT2D eigenvalue weighted by atomic mass is 79.9. The fourth-order valence-electron chi connectivity index (χ4n) is 1.52. The molecule has 0 saturated heterocycles. The molecule has 1 atom stereocenters. The standard InChI is InChI=1S/C14H13BrF2O3/c1-3-5-12(13(18)19)20-11-7-6-9(15)8-10(11)14(16,17)4-2/h1,6-8,12H,4-5H2,2H3,(H,18,19). The van der Waals surface area contributed by atoms with Crippen LogP contribution >= 0.6 is 15.9 Å². The zero-order valence-corrected chi connectivity index (χ0v) is 12.3. The molecule has 0 aliphatic rings. The molecular formula is C14H13BrF2O3. The Balaban J connectivity index is 3.18. The molecule has 0 fully saturated rings. The van der Waals surface area contributed by atoms with Crippen LogP contribution in [0.4, 0.5) is 8.78 Å². The molecule has 0 aliphatic carbocycles. The molecular weight excluding hydrogens is 334 g/mol. The van der Waals surface area contributed by atoms with Gasteiger partial charge in [-0.05, 0) is 18.2 Å². The minimum atomic E-state index is -3.11. The summed E-state index contributed by atoms with van der Waals surface area (Å²) in [5.41, 5.74) is -0.363. The smallest absolute Gasteiger partial charge is 0.345 e. The Morgan fingerprint density at radius 1 is 1.60 bits per heavy atom. The van der Waals surface area contributed by atoms with Crippen molar-refractivity contribution in [2.75, 3.05) is 0 Å². The van der Waals surface area contributed by atoms with Crippen molar-refractivity contribution < 1.29 is 23.4 Å². The van der Waals surface area contributed by atoms with Gasteiger partial charge in [-0.1, -0.05) is 22.9 Å². The summed E-state index contributed by atoms with van der Waals surface area (Å²) < 4.78 is 33.4. The Labute approximate surface area is 124 Å². The number of terminal acetylenes is 1. The molecule has 1 N–H and O–H groups in total. The van der Waals surface area contributed by atoms with Crippen LogP contribution in [0.2, 0.25) is 0 Å². The van der Waals surface area contributed by atoms with Crippen molar-refractivity contribution in [3.8, 4) is 18.1 Å². The third-order valence-corrected chi connectivity index (χ3v) is 3.12. The lowest BCUT2D eigenvalue weighted by Crippen LogP contribution is -2.27. The quantitative estimate of drug-likeness (QED) is 0.796. The lowest BCUT2D eigenvalue weighted by Gasteiger charge is -2.21. The average molecular weight is 347 g/mol. The fourth-order valence-corrected chi connectivity index (χ4v) is 1.88. The third-order valence-electron chi connectivity index (χ3n) is 2.63. The predicted molar refractivity (Wildman–Crippen MR) is 73.8 cm³/mol. The van der Waals surface area contributed by atoms with Crippen LogP contribution in [0, 0.1) is 12.3 Å². The minimum Gasteiger partial charge on any atom is -0.478 e. The summed E-state index contributed by atoms with van der Waals surface area (Å²) in [5.74, 6) is -2.44. The van der Waals surface area contributed by atoms with Crippen LogP contribution in [-0.4, -0.2) is 17.2 Å². The molecule has 3 nitrogen and oxygen atoms in total. The maximum atomic E-state index is 13.9. The molecule has 0 radical (unpaired) electrons.